The molecular formula is C22H15N3O5. The maximum absolute atomic E-state index is 12.4. The van der Waals surface area contributed by atoms with Crippen molar-refractivity contribution in [3.8, 4) is 0 Å². The lowest BCUT2D eigenvalue weighted by Gasteiger charge is -2.06. The van der Waals surface area contributed by atoms with E-state index in [4.69, 9.17) is 4.42 Å². The van der Waals surface area contributed by atoms with Crippen molar-refractivity contribution >= 4 is 39.0 Å². The average molecular weight is 401 g/mol. The number of nitro groups is 1. The molecule has 0 unspecified atom stereocenters. The van der Waals surface area contributed by atoms with Gasteiger partial charge in [-0.25, -0.2) is 10.2 Å². The Labute approximate surface area is 169 Å². The summed E-state index contributed by atoms with van der Waals surface area (Å²) in [5.74, 6) is -0.556. The zero-order valence-corrected chi connectivity index (χ0v) is 15.8. The molecule has 1 aromatic heterocycles. The minimum atomic E-state index is -0.566. The minimum absolute atomic E-state index is 0.118. The zero-order chi connectivity index (χ0) is 21.3. The van der Waals surface area contributed by atoms with Crippen molar-refractivity contribution in [1.82, 2.24) is 5.43 Å². The second-order valence-corrected chi connectivity index (χ2v) is 6.59. The molecule has 0 saturated carbocycles. The second kappa shape index (κ2) is 7.59. The first-order valence-electron chi connectivity index (χ1n) is 8.99. The van der Waals surface area contributed by atoms with Crippen LogP contribution in [-0.4, -0.2) is 16.5 Å². The Balaban J connectivity index is 1.65. The Morgan fingerprint density at radius 2 is 1.77 bits per heavy atom. The molecule has 0 fully saturated rings. The van der Waals surface area contributed by atoms with Crippen LogP contribution in [0.5, 0.6) is 0 Å². The number of rotatable bonds is 4. The standard InChI is InChI=1S/C22H15N3O5/c1-13(23-24-21(26)15-6-9-16(10-7-15)25(28)29)18-12-19-17-5-3-2-4-14(17)8-11-20(19)30-22(18)27/h2-12H,1H3,(H,24,26). The van der Waals surface area contributed by atoms with Gasteiger partial charge in [-0.2, -0.15) is 5.10 Å². The summed E-state index contributed by atoms with van der Waals surface area (Å²) in [5.41, 5.74) is 2.84. The summed E-state index contributed by atoms with van der Waals surface area (Å²) in [6, 6.07) is 18.2. The van der Waals surface area contributed by atoms with Gasteiger partial charge in [0.25, 0.3) is 11.6 Å². The van der Waals surface area contributed by atoms with Crippen LogP contribution in [0.25, 0.3) is 21.7 Å². The molecule has 1 N–H and O–H groups in total. The highest BCUT2D eigenvalue weighted by Crippen LogP contribution is 2.25. The minimum Gasteiger partial charge on any atom is -0.422 e. The lowest BCUT2D eigenvalue weighted by atomic mass is 10.0. The Morgan fingerprint density at radius 3 is 2.50 bits per heavy atom. The van der Waals surface area contributed by atoms with Crippen LogP contribution in [0, 0.1) is 10.1 Å². The fourth-order valence-corrected chi connectivity index (χ4v) is 3.12. The van der Waals surface area contributed by atoms with Crippen molar-refractivity contribution in [2.24, 2.45) is 5.10 Å². The summed E-state index contributed by atoms with van der Waals surface area (Å²) in [5, 5.41) is 17.4. The summed E-state index contributed by atoms with van der Waals surface area (Å²) in [6.45, 7) is 1.58. The number of nitrogens with zero attached hydrogens (tertiary/aromatic N) is 2. The highest BCUT2D eigenvalue weighted by Gasteiger charge is 2.12. The van der Waals surface area contributed by atoms with Crippen LogP contribution in [0.4, 0.5) is 5.69 Å². The van der Waals surface area contributed by atoms with Crippen LogP contribution >= 0.6 is 0 Å². The first kappa shape index (κ1) is 19.0. The molecule has 0 bridgehead atoms. The summed E-state index contributed by atoms with van der Waals surface area (Å²) in [7, 11) is 0. The number of nitrogens with one attached hydrogen (secondary N) is 1. The molecule has 1 heterocycles. The zero-order valence-electron chi connectivity index (χ0n) is 15.8. The predicted molar refractivity (Wildman–Crippen MR) is 113 cm³/mol. The molecule has 0 saturated heterocycles. The number of hydrazone groups is 1. The van der Waals surface area contributed by atoms with E-state index in [0.717, 1.165) is 16.2 Å². The van der Waals surface area contributed by atoms with E-state index in [0.29, 0.717) is 5.58 Å². The predicted octanol–water partition coefficient (Wildman–Crippen LogP) is 4.01. The summed E-state index contributed by atoms with van der Waals surface area (Å²) in [6.07, 6.45) is 0. The van der Waals surface area contributed by atoms with E-state index in [1.54, 1.807) is 19.1 Å². The van der Waals surface area contributed by atoms with Gasteiger partial charge in [0.1, 0.15) is 5.58 Å². The van der Waals surface area contributed by atoms with Crippen molar-refractivity contribution in [3.05, 3.63) is 98.4 Å². The van der Waals surface area contributed by atoms with Gasteiger partial charge < -0.3 is 4.42 Å². The molecule has 1 amide bonds. The van der Waals surface area contributed by atoms with Gasteiger partial charge in [-0.1, -0.05) is 30.3 Å². The van der Waals surface area contributed by atoms with E-state index >= 15 is 0 Å². The van der Waals surface area contributed by atoms with Crippen LogP contribution < -0.4 is 11.1 Å². The lowest BCUT2D eigenvalue weighted by molar-refractivity contribution is -0.384. The first-order chi connectivity index (χ1) is 14.4. The lowest BCUT2D eigenvalue weighted by Crippen LogP contribution is -2.21. The maximum atomic E-state index is 12.4. The third-order valence-electron chi connectivity index (χ3n) is 4.70. The van der Waals surface area contributed by atoms with E-state index in [-0.39, 0.29) is 22.5 Å². The summed E-state index contributed by atoms with van der Waals surface area (Å²) < 4.78 is 5.44. The molecule has 4 aromatic rings. The fourth-order valence-electron chi connectivity index (χ4n) is 3.12. The van der Waals surface area contributed by atoms with E-state index in [2.05, 4.69) is 10.5 Å². The first-order valence-corrected chi connectivity index (χ1v) is 8.99. The van der Waals surface area contributed by atoms with Crippen LogP contribution in [0.3, 0.4) is 0 Å². The molecule has 3 aromatic carbocycles. The third kappa shape index (κ3) is 3.53. The monoisotopic (exact) mass is 401 g/mol. The molecule has 8 nitrogen and oxygen atoms in total. The molecule has 4 rings (SSSR count). The highest BCUT2D eigenvalue weighted by atomic mass is 16.6. The normalized spacial score (nSPS) is 11.6. The molecule has 0 spiro atoms. The Kier molecular flexibility index (Phi) is 4.81. The van der Waals surface area contributed by atoms with Gasteiger partial charge in [-0.15, -0.1) is 0 Å². The Hall–Kier alpha value is -4.33. The van der Waals surface area contributed by atoms with E-state index in [1.807, 2.05) is 30.3 Å². The van der Waals surface area contributed by atoms with Crippen LogP contribution in [0.2, 0.25) is 0 Å². The van der Waals surface area contributed by atoms with E-state index in [9.17, 15) is 19.7 Å². The largest absolute Gasteiger partial charge is 0.422 e. The number of non-ortho nitro benzene ring substituents is 1. The van der Waals surface area contributed by atoms with Crippen molar-refractivity contribution < 1.29 is 14.1 Å². The number of benzene rings is 3. The molecule has 0 aliphatic heterocycles. The number of carbonyl (C=O) groups is 1. The SMILES string of the molecule is CC(=NNC(=O)c1ccc([N+](=O)[O-])cc1)c1cc2c(ccc3ccccc32)oc1=O. The van der Waals surface area contributed by atoms with Gasteiger partial charge >= 0.3 is 5.63 Å². The van der Waals surface area contributed by atoms with Gasteiger partial charge in [0.15, 0.2) is 0 Å². The van der Waals surface area contributed by atoms with Gasteiger partial charge in [-0.3, -0.25) is 14.9 Å². The topological polar surface area (TPSA) is 115 Å². The Morgan fingerprint density at radius 1 is 1.03 bits per heavy atom. The molecule has 8 heteroatoms. The smallest absolute Gasteiger partial charge is 0.345 e. The van der Waals surface area contributed by atoms with Gasteiger partial charge in [0.05, 0.1) is 16.2 Å². The molecular weight excluding hydrogens is 386 g/mol. The van der Waals surface area contributed by atoms with E-state index in [1.165, 1.54) is 24.3 Å². The second-order valence-electron chi connectivity index (χ2n) is 6.59. The molecule has 0 radical (unpaired) electrons. The molecule has 0 atom stereocenters. The number of amides is 1. The van der Waals surface area contributed by atoms with Gasteiger partial charge in [0.2, 0.25) is 0 Å². The average Bonchev–Trinajstić information content (AvgIpc) is 2.76. The summed E-state index contributed by atoms with van der Waals surface area (Å²) in [4.78, 5) is 34.8. The number of nitro benzene ring substituents is 1. The van der Waals surface area contributed by atoms with Crippen LogP contribution in [-0.2, 0) is 0 Å². The molecule has 30 heavy (non-hydrogen) atoms. The number of carbonyl (C=O) groups excluding carboxylic acids is 1. The fraction of sp³-hybridized carbons (Fsp3) is 0.0455. The quantitative estimate of drug-likeness (QED) is 0.182. The highest BCUT2D eigenvalue weighted by molar-refractivity contribution is 6.09. The summed E-state index contributed by atoms with van der Waals surface area (Å²) >= 11 is 0. The van der Waals surface area contributed by atoms with Crippen LogP contribution in [0.15, 0.2) is 81.0 Å². The van der Waals surface area contributed by atoms with Crippen molar-refractivity contribution in [2.75, 3.05) is 0 Å². The number of hydrogen-bond acceptors (Lipinski definition) is 6. The Bertz CT molecular complexity index is 1390. The van der Waals surface area contributed by atoms with Crippen LogP contribution in [0.1, 0.15) is 22.8 Å². The molecule has 148 valence electrons. The van der Waals surface area contributed by atoms with Crippen molar-refractivity contribution in [1.29, 1.82) is 0 Å². The van der Waals surface area contributed by atoms with E-state index < -0.39 is 16.5 Å². The van der Waals surface area contributed by atoms with Gasteiger partial charge in [-0.05, 0) is 42.0 Å². The van der Waals surface area contributed by atoms with Gasteiger partial charge in [0, 0.05) is 23.1 Å². The molecule has 0 aliphatic rings. The van der Waals surface area contributed by atoms with Crippen molar-refractivity contribution in [3.63, 3.8) is 0 Å². The maximum Gasteiger partial charge on any atom is 0.345 e. The van der Waals surface area contributed by atoms with Crippen molar-refractivity contribution in [2.45, 2.75) is 6.92 Å². The number of fused-ring (bicyclic) bond motifs is 3. The number of hydrogen-bond donors (Lipinski definition) is 1. The third-order valence-corrected chi connectivity index (χ3v) is 4.70. The molecule has 0 aliphatic carbocycles.